The van der Waals surface area contributed by atoms with Crippen LogP contribution in [0.3, 0.4) is 0 Å². The number of amides is 1. The van der Waals surface area contributed by atoms with E-state index in [2.05, 4.69) is 68.3 Å². The van der Waals surface area contributed by atoms with Gasteiger partial charge in [0.05, 0.1) is 23.2 Å². The Morgan fingerprint density at radius 1 is 1.10 bits per heavy atom. The van der Waals surface area contributed by atoms with Gasteiger partial charge in [-0.3, -0.25) is 14.7 Å². The molecule has 41 heavy (non-hydrogen) atoms. The van der Waals surface area contributed by atoms with E-state index < -0.39 is 0 Å². The number of rotatable bonds is 3. The Hall–Kier alpha value is -3.87. The third-order valence-corrected chi connectivity index (χ3v) is 9.31. The second-order valence-corrected chi connectivity index (χ2v) is 11.8. The molecule has 9 heteroatoms. The molecule has 3 saturated heterocycles. The van der Waals surface area contributed by atoms with Crippen molar-refractivity contribution in [1.29, 1.82) is 5.26 Å². The SMILES string of the molecule is C[C@@H]1CN(c2ccc(C#N)c3ncccc23)C[C@@H]2COc3cc(N4CCN(C(=O)[C@@H]5CCCN5)CC4)ccc3CN21. The maximum atomic E-state index is 12.8. The van der Waals surface area contributed by atoms with Crippen LogP contribution in [-0.2, 0) is 11.3 Å². The topological polar surface area (TPSA) is 88.0 Å². The van der Waals surface area contributed by atoms with Crippen LogP contribution in [0.1, 0.15) is 30.9 Å². The van der Waals surface area contributed by atoms with Gasteiger partial charge in [0.15, 0.2) is 0 Å². The number of piperazine rings is 2. The maximum Gasteiger partial charge on any atom is 0.239 e. The molecule has 0 spiro atoms. The number of benzene rings is 2. The molecule has 3 fully saturated rings. The van der Waals surface area contributed by atoms with E-state index in [-0.39, 0.29) is 18.0 Å². The van der Waals surface area contributed by atoms with E-state index in [1.54, 1.807) is 6.20 Å². The first kappa shape index (κ1) is 26.1. The molecule has 1 N–H and O–H groups in total. The molecule has 9 nitrogen and oxygen atoms in total. The molecule has 3 atom stereocenters. The fourth-order valence-corrected chi connectivity index (χ4v) is 7.06. The molecule has 3 aromatic rings. The van der Waals surface area contributed by atoms with Gasteiger partial charge in [-0.15, -0.1) is 0 Å². The number of nitrogens with zero attached hydrogens (tertiary/aromatic N) is 6. The molecule has 7 rings (SSSR count). The van der Waals surface area contributed by atoms with E-state index in [9.17, 15) is 10.1 Å². The molecule has 4 aliphatic rings. The quantitative estimate of drug-likeness (QED) is 0.532. The molecule has 0 aliphatic carbocycles. The van der Waals surface area contributed by atoms with Gasteiger partial charge in [-0.2, -0.15) is 5.26 Å². The van der Waals surface area contributed by atoms with E-state index in [0.717, 1.165) is 87.5 Å². The number of anilines is 2. The van der Waals surface area contributed by atoms with E-state index >= 15 is 0 Å². The predicted molar refractivity (Wildman–Crippen MR) is 159 cm³/mol. The summed E-state index contributed by atoms with van der Waals surface area (Å²) >= 11 is 0. The first-order valence-electron chi connectivity index (χ1n) is 14.9. The van der Waals surface area contributed by atoms with Gasteiger partial charge in [0.1, 0.15) is 18.4 Å². The summed E-state index contributed by atoms with van der Waals surface area (Å²) in [5.74, 6) is 1.23. The Labute approximate surface area is 241 Å². The molecule has 4 aliphatic heterocycles. The first-order valence-corrected chi connectivity index (χ1v) is 14.9. The van der Waals surface area contributed by atoms with Gasteiger partial charge in [-0.1, -0.05) is 6.07 Å². The van der Waals surface area contributed by atoms with Crippen LogP contribution < -0.4 is 19.9 Å². The lowest BCUT2D eigenvalue weighted by molar-refractivity contribution is -0.133. The normalized spacial score (nSPS) is 24.8. The number of pyridine rings is 1. The van der Waals surface area contributed by atoms with Gasteiger partial charge in [0, 0.05) is 86.4 Å². The van der Waals surface area contributed by atoms with Crippen LogP contribution in [0.15, 0.2) is 48.7 Å². The van der Waals surface area contributed by atoms with Crippen LogP contribution in [0, 0.1) is 11.3 Å². The smallest absolute Gasteiger partial charge is 0.239 e. The zero-order valence-corrected chi connectivity index (χ0v) is 23.6. The zero-order chi connectivity index (χ0) is 27.9. The van der Waals surface area contributed by atoms with Crippen LogP contribution in [0.2, 0.25) is 0 Å². The fourth-order valence-electron chi connectivity index (χ4n) is 7.06. The number of nitriles is 1. The summed E-state index contributed by atoms with van der Waals surface area (Å²) in [6, 6.07) is 17.5. The molecular formula is C32H37N7O2. The zero-order valence-electron chi connectivity index (χ0n) is 23.6. The molecule has 0 bridgehead atoms. The summed E-state index contributed by atoms with van der Waals surface area (Å²) < 4.78 is 6.51. The highest BCUT2D eigenvalue weighted by molar-refractivity contribution is 5.95. The number of aromatic nitrogens is 1. The fraction of sp³-hybridized carbons (Fsp3) is 0.469. The third kappa shape index (κ3) is 4.85. The minimum atomic E-state index is 0.00610. The molecule has 1 aromatic heterocycles. The van der Waals surface area contributed by atoms with Crippen molar-refractivity contribution < 1.29 is 9.53 Å². The monoisotopic (exact) mass is 551 g/mol. The van der Waals surface area contributed by atoms with Crippen molar-refractivity contribution in [1.82, 2.24) is 20.1 Å². The summed E-state index contributed by atoms with van der Waals surface area (Å²) in [5.41, 5.74) is 4.90. The average molecular weight is 552 g/mol. The molecule has 2 aromatic carbocycles. The van der Waals surface area contributed by atoms with Crippen LogP contribution in [-0.4, -0.2) is 91.2 Å². The summed E-state index contributed by atoms with van der Waals surface area (Å²) in [4.78, 5) is 26.8. The van der Waals surface area contributed by atoms with Crippen LogP contribution in [0.25, 0.3) is 10.9 Å². The number of fused-ring (bicyclic) bond motifs is 3. The molecule has 5 heterocycles. The van der Waals surface area contributed by atoms with Gasteiger partial charge >= 0.3 is 0 Å². The summed E-state index contributed by atoms with van der Waals surface area (Å²) in [7, 11) is 0. The van der Waals surface area contributed by atoms with Gasteiger partial charge in [0.2, 0.25) is 5.91 Å². The van der Waals surface area contributed by atoms with Crippen molar-refractivity contribution in [2.75, 3.05) is 62.2 Å². The molecule has 212 valence electrons. The van der Waals surface area contributed by atoms with Crippen molar-refractivity contribution in [2.45, 2.75) is 44.4 Å². The molecule has 0 unspecified atom stereocenters. The molecule has 0 saturated carbocycles. The minimum Gasteiger partial charge on any atom is -0.491 e. The first-order chi connectivity index (χ1) is 20.1. The Morgan fingerprint density at radius 2 is 1.98 bits per heavy atom. The number of hydrogen-bond donors (Lipinski definition) is 1. The van der Waals surface area contributed by atoms with E-state index in [1.165, 1.54) is 11.3 Å². The summed E-state index contributed by atoms with van der Waals surface area (Å²) in [5, 5.41) is 13.9. The Balaban J connectivity index is 1.05. The van der Waals surface area contributed by atoms with Crippen molar-refractivity contribution >= 4 is 28.2 Å². The maximum absolute atomic E-state index is 12.8. The standard InChI is InChI=1S/C32H37N7O2/c1-22-18-38(29-9-7-23(17-33)31-27(29)4-2-11-35-31)20-26-21-41-30-16-25(8-6-24(30)19-39(22)26)36-12-14-37(15-13-36)32(40)28-5-3-10-34-28/h2,4,6-9,11,16,22,26,28,34H,3,5,10,12-15,18-21H2,1H3/t22-,26-,28+/m1/s1. The second-order valence-electron chi connectivity index (χ2n) is 11.8. The van der Waals surface area contributed by atoms with Gasteiger partial charge in [0.25, 0.3) is 0 Å². The van der Waals surface area contributed by atoms with Gasteiger partial charge < -0.3 is 24.8 Å². The minimum absolute atomic E-state index is 0.00610. The van der Waals surface area contributed by atoms with Crippen molar-refractivity contribution in [3.63, 3.8) is 0 Å². The van der Waals surface area contributed by atoms with Gasteiger partial charge in [-0.05, 0) is 56.6 Å². The molecule has 0 radical (unpaired) electrons. The predicted octanol–water partition coefficient (Wildman–Crippen LogP) is 2.98. The highest BCUT2D eigenvalue weighted by Crippen LogP contribution is 2.35. The van der Waals surface area contributed by atoms with E-state index in [0.29, 0.717) is 18.2 Å². The van der Waals surface area contributed by atoms with Gasteiger partial charge in [-0.25, -0.2) is 0 Å². The van der Waals surface area contributed by atoms with Crippen molar-refractivity contribution in [2.24, 2.45) is 0 Å². The number of hydrogen-bond acceptors (Lipinski definition) is 8. The summed E-state index contributed by atoms with van der Waals surface area (Å²) in [6.45, 7) is 9.69. The largest absolute Gasteiger partial charge is 0.491 e. The Bertz CT molecular complexity index is 1490. The van der Waals surface area contributed by atoms with Crippen LogP contribution >= 0.6 is 0 Å². The van der Waals surface area contributed by atoms with Crippen molar-refractivity contribution in [3.8, 4) is 11.8 Å². The van der Waals surface area contributed by atoms with Crippen molar-refractivity contribution in [3.05, 3.63) is 59.8 Å². The number of ether oxygens (including phenoxy) is 1. The third-order valence-electron chi connectivity index (χ3n) is 9.31. The average Bonchev–Trinajstić information content (AvgIpc) is 3.49. The lowest BCUT2D eigenvalue weighted by Gasteiger charge is -2.45. The van der Waals surface area contributed by atoms with Crippen LogP contribution in [0.4, 0.5) is 11.4 Å². The summed E-state index contributed by atoms with van der Waals surface area (Å²) in [6.07, 6.45) is 3.80. The van der Waals surface area contributed by atoms with E-state index in [4.69, 9.17) is 4.74 Å². The lowest BCUT2D eigenvalue weighted by atomic mass is 10.0. The molecule has 1 amide bonds. The second kappa shape index (κ2) is 10.8. The number of nitrogens with one attached hydrogen (secondary N) is 1. The van der Waals surface area contributed by atoms with E-state index in [1.807, 2.05) is 17.0 Å². The number of carbonyl (C=O) groups excluding carboxylic acids is 1. The highest BCUT2D eigenvalue weighted by atomic mass is 16.5. The number of carbonyl (C=O) groups is 1. The Morgan fingerprint density at radius 3 is 2.78 bits per heavy atom. The highest BCUT2D eigenvalue weighted by Gasteiger charge is 2.36. The molecular weight excluding hydrogens is 514 g/mol. The Kier molecular flexibility index (Phi) is 6.89. The lowest BCUT2D eigenvalue weighted by Crippen LogP contribution is -2.58. The van der Waals surface area contributed by atoms with Crippen LogP contribution in [0.5, 0.6) is 5.75 Å².